The Kier molecular flexibility index (Phi) is 3.93. The minimum atomic E-state index is -0.188. The van der Waals surface area contributed by atoms with Crippen molar-refractivity contribution in [3.05, 3.63) is 35.4 Å². The highest BCUT2D eigenvalue weighted by Crippen LogP contribution is 2.42. The van der Waals surface area contributed by atoms with Gasteiger partial charge in [0.25, 0.3) is 0 Å². The van der Waals surface area contributed by atoms with Gasteiger partial charge in [-0.3, -0.25) is 4.79 Å². The zero-order valence-corrected chi connectivity index (χ0v) is 12.2. The fraction of sp³-hybridized carbons (Fsp3) is 0.611. The summed E-state index contributed by atoms with van der Waals surface area (Å²) in [6, 6.07) is 8.66. The van der Waals surface area contributed by atoms with E-state index in [-0.39, 0.29) is 5.41 Å². The first-order chi connectivity index (χ1) is 9.75. The number of fused-ring (bicyclic) bond motifs is 1. The predicted molar refractivity (Wildman–Crippen MR) is 81.7 cm³/mol. The Hall–Kier alpha value is -1.15. The first kappa shape index (κ1) is 13.8. The van der Waals surface area contributed by atoms with Gasteiger partial charge in [0, 0.05) is 18.4 Å². The lowest BCUT2D eigenvalue weighted by atomic mass is 9.74. The molecule has 3 rings (SSSR count). The summed E-state index contributed by atoms with van der Waals surface area (Å²) >= 11 is 0. The van der Waals surface area contributed by atoms with Crippen molar-refractivity contribution in [3.8, 4) is 0 Å². The molecule has 2 nitrogen and oxygen atoms in total. The Labute approximate surface area is 121 Å². The maximum Gasteiger partial charge on any atom is 0.140 e. The molecule has 1 unspecified atom stereocenters. The van der Waals surface area contributed by atoms with E-state index in [4.69, 9.17) is 5.73 Å². The van der Waals surface area contributed by atoms with Crippen molar-refractivity contribution in [2.75, 3.05) is 6.54 Å². The second-order valence-corrected chi connectivity index (χ2v) is 6.61. The van der Waals surface area contributed by atoms with Gasteiger partial charge >= 0.3 is 0 Å². The molecule has 2 heteroatoms. The molecule has 0 radical (unpaired) electrons. The number of Topliss-reactive ketones (excluding diaryl/α,β-unsaturated/α-hetero) is 1. The first-order valence-electron chi connectivity index (χ1n) is 8.06. The van der Waals surface area contributed by atoms with Crippen LogP contribution in [0.25, 0.3) is 0 Å². The normalized spacial score (nSPS) is 24.4. The van der Waals surface area contributed by atoms with Gasteiger partial charge in [-0.1, -0.05) is 37.1 Å². The molecule has 0 aromatic heterocycles. The third-order valence-electron chi connectivity index (χ3n) is 5.47. The van der Waals surface area contributed by atoms with E-state index in [1.807, 2.05) is 0 Å². The average molecular weight is 271 g/mol. The van der Waals surface area contributed by atoms with E-state index < -0.39 is 0 Å². The summed E-state index contributed by atoms with van der Waals surface area (Å²) in [7, 11) is 0. The first-order valence-corrected chi connectivity index (χ1v) is 8.06. The summed E-state index contributed by atoms with van der Waals surface area (Å²) in [6.45, 7) is 0.542. The van der Waals surface area contributed by atoms with Crippen LogP contribution in [-0.2, 0) is 11.2 Å². The summed E-state index contributed by atoms with van der Waals surface area (Å²) in [5.41, 5.74) is 8.62. The lowest BCUT2D eigenvalue weighted by Gasteiger charge is -2.30. The SMILES string of the molecule is NCC1(C(=O)CC2CCCc3ccccc32)CCCC1. The van der Waals surface area contributed by atoms with Crippen LogP contribution in [0, 0.1) is 5.41 Å². The molecule has 1 aromatic rings. The van der Waals surface area contributed by atoms with Crippen molar-refractivity contribution in [2.45, 2.75) is 57.3 Å². The van der Waals surface area contributed by atoms with Gasteiger partial charge in [0.05, 0.1) is 0 Å². The number of ketones is 1. The molecule has 0 spiro atoms. The molecule has 0 bridgehead atoms. The van der Waals surface area contributed by atoms with Gasteiger partial charge in [0.2, 0.25) is 0 Å². The number of carbonyl (C=O) groups excluding carboxylic acids is 1. The molecule has 1 atom stereocenters. The summed E-state index contributed by atoms with van der Waals surface area (Å²) in [6.07, 6.45) is 8.60. The van der Waals surface area contributed by atoms with Gasteiger partial charge in [-0.15, -0.1) is 0 Å². The number of nitrogens with two attached hydrogens (primary N) is 1. The third kappa shape index (κ3) is 2.42. The highest BCUT2D eigenvalue weighted by Gasteiger charge is 2.40. The standard InChI is InChI=1S/C18H25NO/c19-13-18(10-3-4-11-18)17(20)12-15-8-5-7-14-6-1-2-9-16(14)15/h1-2,6,9,15H,3-5,7-8,10-13,19H2. The van der Waals surface area contributed by atoms with Gasteiger partial charge in [0.15, 0.2) is 0 Å². The Morgan fingerprint density at radius 1 is 1.20 bits per heavy atom. The summed E-state index contributed by atoms with van der Waals surface area (Å²) < 4.78 is 0. The molecule has 1 saturated carbocycles. The topological polar surface area (TPSA) is 43.1 Å². The number of carbonyl (C=O) groups is 1. The molecule has 108 valence electrons. The minimum Gasteiger partial charge on any atom is -0.329 e. The van der Waals surface area contributed by atoms with E-state index in [0.29, 0.717) is 24.7 Å². The van der Waals surface area contributed by atoms with Crippen LogP contribution in [0.2, 0.25) is 0 Å². The van der Waals surface area contributed by atoms with Crippen molar-refractivity contribution >= 4 is 5.78 Å². The summed E-state index contributed by atoms with van der Waals surface area (Å²) in [4.78, 5) is 12.8. The van der Waals surface area contributed by atoms with Crippen LogP contribution in [0.5, 0.6) is 0 Å². The maximum absolute atomic E-state index is 12.8. The number of rotatable bonds is 4. The minimum absolute atomic E-state index is 0.188. The van der Waals surface area contributed by atoms with Gasteiger partial charge in [-0.2, -0.15) is 0 Å². The van der Waals surface area contributed by atoms with Crippen molar-refractivity contribution < 1.29 is 4.79 Å². The van der Waals surface area contributed by atoms with Crippen molar-refractivity contribution in [1.29, 1.82) is 0 Å². The van der Waals surface area contributed by atoms with Crippen molar-refractivity contribution in [3.63, 3.8) is 0 Å². The van der Waals surface area contributed by atoms with Crippen LogP contribution in [-0.4, -0.2) is 12.3 Å². The average Bonchev–Trinajstić information content (AvgIpc) is 2.98. The molecule has 2 aliphatic rings. The van der Waals surface area contributed by atoms with Crippen LogP contribution in [0.1, 0.15) is 62.0 Å². The summed E-state index contributed by atoms with van der Waals surface area (Å²) in [5, 5.41) is 0. The van der Waals surface area contributed by atoms with Crippen molar-refractivity contribution in [1.82, 2.24) is 0 Å². The number of hydrogen-bond donors (Lipinski definition) is 1. The summed E-state index contributed by atoms with van der Waals surface area (Å²) in [5.74, 6) is 0.857. The van der Waals surface area contributed by atoms with Crippen LogP contribution in [0.15, 0.2) is 24.3 Å². The van der Waals surface area contributed by atoms with Crippen LogP contribution >= 0.6 is 0 Å². The predicted octanol–water partition coefficient (Wildman–Crippen LogP) is 3.58. The Morgan fingerprint density at radius 3 is 2.70 bits per heavy atom. The number of hydrogen-bond acceptors (Lipinski definition) is 2. The van der Waals surface area contributed by atoms with E-state index in [1.165, 1.54) is 36.8 Å². The van der Waals surface area contributed by atoms with E-state index in [1.54, 1.807) is 0 Å². The Balaban J connectivity index is 1.77. The maximum atomic E-state index is 12.8. The second kappa shape index (κ2) is 5.69. The van der Waals surface area contributed by atoms with Crippen molar-refractivity contribution in [2.24, 2.45) is 11.1 Å². The zero-order valence-electron chi connectivity index (χ0n) is 12.2. The van der Waals surface area contributed by atoms with E-state index >= 15 is 0 Å². The van der Waals surface area contributed by atoms with E-state index in [0.717, 1.165) is 19.3 Å². The number of benzene rings is 1. The van der Waals surface area contributed by atoms with Gasteiger partial charge < -0.3 is 5.73 Å². The van der Waals surface area contributed by atoms with Gasteiger partial charge in [0.1, 0.15) is 5.78 Å². The molecule has 0 amide bonds. The Bertz CT molecular complexity index is 488. The van der Waals surface area contributed by atoms with Gasteiger partial charge in [-0.05, 0) is 49.1 Å². The fourth-order valence-electron chi connectivity index (χ4n) is 4.16. The molecular weight excluding hydrogens is 246 g/mol. The third-order valence-corrected chi connectivity index (χ3v) is 5.47. The molecule has 0 saturated heterocycles. The molecule has 2 N–H and O–H groups in total. The molecule has 0 aliphatic heterocycles. The molecule has 0 heterocycles. The van der Waals surface area contributed by atoms with Gasteiger partial charge in [-0.25, -0.2) is 0 Å². The molecule has 1 fully saturated rings. The van der Waals surface area contributed by atoms with Crippen LogP contribution in [0.4, 0.5) is 0 Å². The van der Waals surface area contributed by atoms with E-state index in [9.17, 15) is 4.79 Å². The zero-order chi connectivity index (χ0) is 14.0. The highest BCUT2D eigenvalue weighted by atomic mass is 16.1. The molecule has 20 heavy (non-hydrogen) atoms. The number of aryl methyl sites for hydroxylation is 1. The lowest BCUT2D eigenvalue weighted by Crippen LogP contribution is -2.37. The van der Waals surface area contributed by atoms with Crippen LogP contribution < -0.4 is 5.73 Å². The van der Waals surface area contributed by atoms with E-state index in [2.05, 4.69) is 24.3 Å². The monoisotopic (exact) mass is 271 g/mol. The molecule has 1 aromatic carbocycles. The second-order valence-electron chi connectivity index (χ2n) is 6.61. The fourth-order valence-corrected chi connectivity index (χ4v) is 4.16. The quantitative estimate of drug-likeness (QED) is 0.909. The molecular formula is C18H25NO. The Morgan fingerprint density at radius 2 is 1.95 bits per heavy atom. The highest BCUT2D eigenvalue weighted by molar-refractivity contribution is 5.86. The molecule has 2 aliphatic carbocycles. The lowest BCUT2D eigenvalue weighted by molar-refractivity contribution is -0.128. The van der Waals surface area contributed by atoms with Crippen LogP contribution in [0.3, 0.4) is 0 Å². The largest absolute Gasteiger partial charge is 0.329 e. The smallest absolute Gasteiger partial charge is 0.140 e.